The van der Waals surface area contributed by atoms with Crippen molar-refractivity contribution >= 4 is 34.7 Å². The number of hydrogen-bond acceptors (Lipinski definition) is 7. The molecule has 0 saturated heterocycles. The van der Waals surface area contributed by atoms with Crippen LogP contribution in [0.15, 0.2) is 84.9 Å². The predicted octanol–water partition coefficient (Wildman–Crippen LogP) is 3.91. The van der Waals surface area contributed by atoms with Gasteiger partial charge < -0.3 is 5.11 Å². The fraction of sp³-hybridized carbons (Fsp3) is 0. The third-order valence-corrected chi connectivity index (χ3v) is 4.68. The molecule has 0 bridgehead atoms. The predicted molar refractivity (Wildman–Crippen MR) is 120 cm³/mol. The van der Waals surface area contributed by atoms with Gasteiger partial charge in [-0.15, -0.1) is 5.10 Å². The average molecular weight is 423 g/mol. The van der Waals surface area contributed by atoms with Crippen molar-refractivity contribution in [1.82, 2.24) is 24.7 Å². The van der Waals surface area contributed by atoms with Gasteiger partial charge in [-0.25, -0.2) is 4.98 Å². The molecule has 0 radical (unpaired) electrons. The van der Waals surface area contributed by atoms with E-state index in [0.29, 0.717) is 22.2 Å². The molecule has 9 heteroatoms. The number of nitrogens with one attached hydrogen (secondary N) is 2. The Bertz CT molecular complexity index is 1400. The average Bonchev–Trinajstić information content (AvgIpc) is 3.22. The highest BCUT2D eigenvalue weighted by molar-refractivity contribution is 6.03. The molecule has 2 aromatic heterocycles. The second kappa shape index (κ2) is 8.15. The Morgan fingerprint density at radius 2 is 1.47 bits per heavy atom. The molecule has 2 heterocycles. The van der Waals surface area contributed by atoms with Crippen molar-refractivity contribution in [3.8, 4) is 11.6 Å². The van der Waals surface area contributed by atoms with Gasteiger partial charge in [-0.1, -0.05) is 48.5 Å². The zero-order chi connectivity index (χ0) is 21.9. The summed E-state index contributed by atoms with van der Waals surface area (Å²) in [5.74, 6) is 0.0413. The van der Waals surface area contributed by atoms with E-state index in [1.54, 1.807) is 42.5 Å². The van der Waals surface area contributed by atoms with Crippen molar-refractivity contribution in [1.29, 1.82) is 0 Å². The first kappa shape index (κ1) is 19.2. The molecule has 3 aromatic carbocycles. The lowest BCUT2D eigenvalue weighted by Gasteiger charge is -2.08. The molecular weight excluding hydrogens is 406 g/mol. The van der Waals surface area contributed by atoms with Crippen molar-refractivity contribution < 1.29 is 9.90 Å². The summed E-state index contributed by atoms with van der Waals surface area (Å²) in [5.41, 5.74) is 1.78. The maximum atomic E-state index is 12.5. The van der Waals surface area contributed by atoms with E-state index in [9.17, 15) is 9.90 Å². The smallest absolute Gasteiger partial charge is 0.258 e. The molecule has 0 aliphatic rings. The molecule has 1 amide bonds. The van der Waals surface area contributed by atoms with Crippen LogP contribution in [0.3, 0.4) is 0 Å². The maximum Gasteiger partial charge on any atom is 0.258 e. The Morgan fingerprint density at radius 3 is 2.25 bits per heavy atom. The number of hydrogen-bond donors (Lipinski definition) is 3. The van der Waals surface area contributed by atoms with Crippen molar-refractivity contribution in [3.05, 3.63) is 90.5 Å². The highest BCUT2D eigenvalue weighted by Crippen LogP contribution is 2.25. The van der Waals surface area contributed by atoms with E-state index in [2.05, 4.69) is 30.7 Å². The Balaban J connectivity index is 1.51. The minimum atomic E-state index is -0.332. The molecule has 0 unspecified atom stereocenters. The number of rotatable bonds is 5. The number of benzene rings is 3. The Hall–Kier alpha value is -4.79. The number of anilines is 3. The lowest BCUT2D eigenvalue weighted by Crippen LogP contribution is -2.13. The molecule has 0 atom stereocenters. The van der Waals surface area contributed by atoms with Crippen LogP contribution in [0.5, 0.6) is 5.88 Å². The lowest BCUT2D eigenvalue weighted by molar-refractivity contribution is 0.102. The number of para-hydroxylation sites is 2. The van der Waals surface area contributed by atoms with Gasteiger partial charge in [0.2, 0.25) is 17.8 Å². The summed E-state index contributed by atoms with van der Waals surface area (Å²) in [7, 11) is 0. The normalized spacial score (nSPS) is 10.8. The van der Waals surface area contributed by atoms with Crippen molar-refractivity contribution in [3.63, 3.8) is 0 Å². The van der Waals surface area contributed by atoms with Crippen LogP contribution in [-0.2, 0) is 0 Å². The van der Waals surface area contributed by atoms with Gasteiger partial charge in [-0.2, -0.15) is 14.6 Å². The van der Waals surface area contributed by atoms with Crippen molar-refractivity contribution in [2.24, 2.45) is 0 Å². The summed E-state index contributed by atoms with van der Waals surface area (Å²) < 4.78 is 1.52. The zero-order valence-corrected chi connectivity index (χ0v) is 16.7. The van der Waals surface area contributed by atoms with Gasteiger partial charge in [0.05, 0.1) is 16.6 Å². The van der Waals surface area contributed by atoms with Crippen LogP contribution in [-0.4, -0.2) is 35.7 Å². The first-order chi connectivity index (χ1) is 15.7. The van der Waals surface area contributed by atoms with Gasteiger partial charge in [0.25, 0.3) is 11.9 Å². The minimum Gasteiger partial charge on any atom is -0.493 e. The Kier molecular flexibility index (Phi) is 4.89. The number of fused-ring (bicyclic) bond motifs is 1. The molecule has 0 aliphatic carbocycles. The standard InChI is InChI=1S/C23H17N7O2/c31-19(15-9-3-1-4-10-15)25-22-28-23(30(29-22)16-11-5-2-6-12-16)27-21-24-18-14-8-7-13-17(18)20(32)26-21/h1-14H,(H3,24,25,26,27,28,29,31,32). The highest BCUT2D eigenvalue weighted by atomic mass is 16.3. The number of carbonyl (C=O) groups excluding carboxylic acids is 1. The van der Waals surface area contributed by atoms with Crippen LogP contribution < -0.4 is 10.6 Å². The first-order valence-electron chi connectivity index (χ1n) is 9.79. The van der Waals surface area contributed by atoms with E-state index in [1.807, 2.05) is 42.5 Å². The van der Waals surface area contributed by atoms with Crippen LogP contribution in [0.2, 0.25) is 0 Å². The lowest BCUT2D eigenvalue weighted by atomic mass is 10.2. The van der Waals surface area contributed by atoms with Gasteiger partial charge in [-0.3, -0.25) is 15.4 Å². The van der Waals surface area contributed by atoms with Gasteiger partial charge in [0, 0.05) is 5.56 Å². The summed E-state index contributed by atoms with van der Waals surface area (Å²) in [6, 6.07) is 25.2. The fourth-order valence-electron chi connectivity index (χ4n) is 3.17. The molecule has 0 aliphatic heterocycles. The van der Waals surface area contributed by atoms with Crippen LogP contribution in [0, 0.1) is 0 Å². The van der Waals surface area contributed by atoms with E-state index in [4.69, 9.17) is 0 Å². The summed E-state index contributed by atoms with van der Waals surface area (Å²) in [4.78, 5) is 25.5. The first-order valence-corrected chi connectivity index (χ1v) is 9.79. The van der Waals surface area contributed by atoms with E-state index >= 15 is 0 Å². The monoisotopic (exact) mass is 423 g/mol. The summed E-state index contributed by atoms with van der Waals surface area (Å²) in [6.45, 7) is 0. The number of aromatic hydroxyl groups is 1. The van der Waals surface area contributed by atoms with Crippen molar-refractivity contribution in [2.45, 2.75) is 0 Å². The molecule has 0 saturated carbocycles. The van der Waals surface area contributed by atoms with Crippen molar-refractivity contribution in [2.75, 3.05) is 10.6 Å². The largest absolute Gasteiger partial charge is 0.493 e. The SMILES string of the molecule is O=C(Nc1nc(Nc2nc(O)c3ccccc3n2)n(-c2ccccc2)n1)c1ccccc1. The number of carbonyl (C=O) groups is 1. The molecule has 156 valence electrons. The van der Waals surface area contributed by atoms with Gasteiger partial charge in [-0.05, 0) is 36.4 Å². The van der Waals surface area contributed by atoms with Crippen LogP contribution >= 0.6 is 0 Å². The molecule has 0 fully saturated rings. The molecule has 32 heavy (non-hydrogen) atoms. The third-order valence-electron chi connectivity index (χ3n) is 4.68. The van der Waals surface area contributed by atoms with E-state index in [0.717, 1.165) is 0 Å². The molecule has 3 N–H and O–H groups in total. The summed E-state index contributed by atoms with van der Waals surface area (Å²) >= 11 is 0. The summed E-state index contributed by atoms with van der Waals surface area (Å²) in [5, 5.41) is 20.9. The van der Waals surface area contributed by atoms with E-state index in [1.165, 1.54) is 4.68 Å². The Morgan fingerprint density at radius 1 is 0.781 bits per heavy atom. The number of aromatic nitrogens is 5. The minimum absolute atomic E-state index is 0.107. The number of nitrogens with zero attached hydrogens (tertiary/aromatic N) is 5. The molecule has 9 nitrogen and oxygen atoms in total. The maximum absolute atomic E-state index is 12.5. The molecule has 0 spiro atoms. The Labute approximate surface area is 182 Å². The van der Waals surface area contributed by atoms with Crippen LogP contribution in [0.25, 0.3) is 16.6 Å². The topological polar surface area (TPSA) is 118 Å². The van der Waals surface area contributed by atoms with E-state index < -0.39 is 0 Å². The highest BCUT2D eigenvalue weighted by Gasteiger charge is 2.16. The van der Waals surface area contributed by atoms with Gasteiger partial charge in [0.1, 0.15) is 0 Å². The summed E-state index contributed by atoms with van der Waals surface area (Å²) in [6.07, 6.45) is 0. The van der Waals surface area contributed by atoms with Crippen LogP contribution in [0.1, 0.15) is 10.4 Å². The molecule has 5 rings (SSSR count). The second-order valence-electron chi connectivity index (χ2n) is 6.84. The second-order valence-corrected chi connectivity index (χ2v) is 6.84. The molecule has 5 aromatic rings. The van der Waals surface area contributed by atoms with Crippen LogP contribution in [0.4, 0.5) is 17.8 Å². The fourth-order valence-corrected chi connectivity index (χ4v) is 3.17. The third kappa shape index (κ3) is 3.82. The quantitative estimate of drug-likeness (QED) is 0.392. The zero-order valence-electron chi connectivity index (χ0n) is 16.7. The molecular formula is C23H17N7O2. The number of amides is 1. The van der Waals surface area contributed by atoms with Gasteiger partial charge in [0.15, 0.2) is 0 Å². The van der Waals surface area contributed by atoms with Gasteiger partial charge >= 0.3 is 0 Å². The van der Waals surface area contributed by atoms with E-state index in [-0.39, 0.29) is 29.6 Å².